The van der Waals surface area contributed by atoms with Gasteiger partial charge in [0.1, 0.15) is 5.70 Å². The molecule has 2 aromatic carbocycles. The number of hydrogen-bond donors (Lipinski definition) is 0. The molecule has 2 unspecified atom stereocenters. The van der Waals surface area contributed by atoms with E-state index >= 15 is 0 Å². The molecule has 0 saturated carbocycles. The molecule has 0 radical (unpaired) electrons. The molecule has 2 heterocycles. The highest BCUT2D eigenvalue weighted by Crippen LogP contribution is 2.36. The highest BCUT2D eigenvalue weighted by atomic mass is 35.5. The van der Waals surface area contributed by atoms with Crippen LogP contribution < -0.4 is 0 Å². The molecule has 4 rings (SSSR count). The van der Waals surface area contributed by atoms with Gasteiger partial charge < -0.3 is 9.64 Å². The minimum atomic E-state index is -0.279. The maximum Gasteiger partial charge on any atom is 0.278 e. The largest absolute Gasteiger partial charge is 0.372 e. The summed E-state index contributed by atoms with van der Waals surface area (Å²) < 4.78 is 5.87. The quantitative estimate of drug-likeness (QED) is 0.666. The van der Waals surface area contributed by atoms with Crippen LogP contribution in [0.1, 0.15) is 36.1 Å². The van der Waals surface area contributed by atoms with Gasteiger partial charge in [0.2, 0.25) is 0 Å². The molecule has 162 valence electrons. The molecular formula is C25H27ClN2O3. The van der Waals surface area contributed by atoms with Crippen LogP contribution in [0.2, 0.25) is 5.02 Å². The summed E-state index contributed by atoms with van der Waals surface area (Å²) in [5.74, 6) is -0.556. The molecule has 0 bridgehead atoms. The first kappa shape index (κ1) is 21.6. The zero-order valence-corrected chi connectivity index (χ0v) is 19.1. The second kappa shape index (κ2) is 8.48. The van der Waals surface area contributed by atoms with Gasteiger partial charge in [0.25, 0.3) is 11.8 Å². The molecule has 31 heavy (non-hydrogen) atoms. The van der Waals surface area contributed by atoms with Crippen LogP contribution in [0.15, 0.2) is 48.2 Å². The van der Waals surface area contributed by atoms with Gasteiger partial charge in [-0.25, -0.2) is 0 Å². The number of halogens is 1. The van der Waals surface area contributed by atoms with Crippen molar-refractivity contribution in [3.05, 3.63) is 75.4 Å². The number of ether oxygens (including phenoxy) is 1. The van der Waals surface area contributed by atoms with Gasteiger partial charge in [0.15, 0.2) is 0 Å². The number of morpholine rings is 1. The fraction of sp³-hybridized carbons (Fsp3) is 0.360. The highest BCUT2D eigenvalue weighted by Gasteiger charge is 2.43. The van der Waals surface area contributed by atoms with Crippen LogP contribution in [0.4, 0.5) is 0 Å². The smallest absolute Gasteiger partial charge is 0.278 e. The third kappa shape index (κ3) is 4.12. The first-order chi connectivity index (χ1) is 14.8. The van der Waals surface area contributed by atoms with E-state index in [1.807, 2.05) is 69.0 Å². The maximum atomic E-state index is 13.6. The van der Waals surface area contributed by atoms with Crippen LogP contribution >= 0.6 is 11.6 Å². The lowest BCUT2D eigenvalue weighted by Crippen LogP contribution is -2.46. The van der Waals surface area contributed by atoms with Crippen molar-refractivity contribution >= 4 is 29.0 Å². The number of amides is 2. The summed E-state index contributed by atoms with van der Waals surface area (Å²) in [6.45, 7) is 9.24. The molecule has 6 heteroatoms. The SMILES string of the molecule is Cc1ccc(C2=C(N3CC(C)OC(C)C3)C(=O)N(Cc3ccccc3Cl)C2=O)c(C)c1. The fourth-order valence-corrected chi connectivity index (χ4v) is 4.69. The van der Waals surface area contributed by atoms with Gasteiger partial charge in [-0.2, -0.15) is 0 Å². The van der Waals surface area contributed by atoms with Crippen molar-refractivity contribution in [2.45, 2.75) is 46.4 Å². The molecule has 2 amide bonds. The van der Waals surface area contributed by atoms with Crippen LogP contribution in [0.3, 0.4) is 0 Å². The Hall–Kier alpha value is -2.63. The lowest BCUT2D eigenvalue weighted by atomic mass is 9.97. The van der Waals surface area contributed by atoms with E-state index in [1.165, 1.54) is 4.90 Å². The Bertz CT molecular complexity index is 1070. The summed E-state index contributed by atoms with van der Waals surface area (Å²) in [6, 6.07) is 13.3. The molecule has 0 aliphatic carbocycles. The number of rotatable bonds is 4. The van der Waals surface area contributed by atoms with E-state index in [-0.39, 0.29) is 30.6 Å². The molecule has 2 atom stereocenters. The second-order valence-electron chi connectivity index (χ2n) is 8.49. The van der Waals surface area contributed by atoms with Crippen LogP contribution in [0, 0.1) is 13.8 Å². The molecular weight excluding hydrogens is 412 g/mol. The third-order valence-electron chi connectivity index (χ3n) is 5.82. The molecule has 1 saturated heterocycles. The van der Waals surface area contributed by atoms with Gasteiger partial charge >= 0.3 is 0 Å². The predicted octanol–water partition coefficient (Wildman–Crippen LogP) is 4.35. The summed E-state index contributed by atoms with van der Waals surface area (Å²) in [7, 11) is 0. The van der Waals surface area contributed by atoms with Crippen molar-refractivity contribution in [2.24, 2.45) is 0 Å². The fourth-order valence-electron chi connectivity index (χ4n) is 4.49. The number of carbonyl (C=O) groups excluding carboxylic acids is 2. The Morgan fingerprint density at radius 3 is 2.32 bits per heavy atom. The number of benzene rings is 2. The van der Waals surface area contributed by atoms with E-state index in [0.29, 0.717) is 29.4 Å². The molecule has 0 aromatic heterocycles. The zero-order valence-electron chi connectivity index (χ0n) is 18.3. The standard InChI is InChI=1S/C25H27ClN2O3/c1-15-9-10-20(16(2)11-15)22-23(27-12-17(3)31-18(4)13-27)25(30)28(24(22)29)14-19-7-5-6-8-21(19)26/h5-11,17-18H,12-14H2,1-4H3. The van der Waals surface area contributed by atoms with Crippen molar-refractivity contribution in [1.82, 2.24) is 9.80 Å². The van der Waals surface area contributed by atoms with Crippen molar-refractivity contribution in [1.29, 1.82) is 0 Å². The number of imide groups is 1. The molecule has 0 N–H and O–H groups in total. The molecule has 2 aromatic rings. The van der Waals surface area contributed by atoms with Crippen LogP contribution in [-0.4, -0.2) is 46.9 Å². The number of carbonyl (C=O) groups is 2. The van der Waals surface area contributed by atoms with E-state index in [1.54, 1.807) is 6.07 Å². The molecule has 2 aliphatic rings. The van der Waals surface area contributed by atoms with Gasteiger partial charge in [-0.15, -0.1) is 0 Å². The Morgan fingerprint density at radius 1 is 1.00 bits per heavy atom. The highest BCUT2D eigenvalue weighted by molar-refractivity contribution is 6.36. The first-order valence-corrected chi connectivity index (χ1v) is 11.0. The van der Waals surface area contributed by atoms with Gasteiger partial charge in [0, 0.05) is 18.1 Å². The normalized spacial score (nSPS) is 22.0. The van der Waals surface area contributed by atoms with Gasteiger partial charge in [-0.1, -0.05) is 53.6 Å². The van der Waals surface area contributed by atoms with E-state index in [2.05, 4.69) is 0 Å². The van der Waals surface area contributed by atoms with Gasteiger partial charge in [0.05, 0.1) is 24.3 Å². The molecule has 5 nitrogen and oxygen atoms in total. The predicted molar refractivity (Wildman–Crippen MR) is 121 cm³/mol. The average Bonchev–Trinajstić information content (AvgIpc) is 2.93. The number of hydrogen-bond acceptors (Lipinski definition) is 4. The molecule has 1 fully saturated rings. The van der Waals surface area contributed by atoms with Crippen molar-refractivity contribution < 1.29 is 14.3 Å². The maximum absolute atomic E-state index is 13.6. The second-order valence-corrected chi connectivity index (χ2v) is 8.90. The van der Waals surface area contributed by atoms with E-state index in [0.717, 1.165) is 22.3 Å². The first-order valence-electron chi connectivity index (χ1n) is 10.6. The summed E-state index contributed by atoms with van der Waals surface area (Å²) in [4.78, 5) is 30.6. The van der Waals surface area contributed by atoms with Gasteiger partial charge in [-0.05, 0) is 50.5 Å². The Kier molecular flexibility index (Phi) is 5.91. The van der Waals surface area contributed by atoms with E-state index in [4.69, 9.17) is 16.3 Å². The van der Waals surface area contributed by atoms with Crippen LogP contribution in [0.5, 0.6) is 0 Å². The Morgan fingerprint density at radius 2 is 1.68 bits per heavy atom. The van der Waals surface area contributed by atoms with Gasteiger partial charge in [-0.3, -0.25) is 14.5 Å². The van der Waals surface area contributed by atoms with Crippen LogP contribution in [-0.2, 0) is 20.9 Å². The molecule has 0 spiro atoms. The Labute approximate surface area is 188 Å². The third-order valence-corrected chi connectivity index (χ3v) is 6.19. The minimum Gasteiger partial charge on any atom is -0.372 e. The molecule has 2 aliphatic heterocycles. The summed E-state index contributed by atoms with van der Waals surface area (Å²) in [6.07, 6.45) is -0.0609. The van der Waals surface area contributed by atoms with Crippen molar-refractivity contribution in [3.63, 3.8) is 0 Å². The summed E-state index contributed by atoms with van der Waals surface area (Å²) >= 11 is 6.33. The lowest BCUT2D eigenvalue weighted by Gasteiger charge is -2.37. The van der Waals surface area contributed by atoms with E-state index < -0.39 is 0 Å². The summed E-state index contributed by atoms with van der Waals surface area (Å²) in [5.41, 5.74) is 4.56. The Balaban J connectivity index is 1.80. The van der Waals surface area contributed by atoms with E-state index in [9.17, 15) is 9.59 Å². The average molecular weight is 439 g/mol. The van der Waals surface area contributed by atoms with Crippen molar-refractivity contribution in [3.8, 4) is 0 Å². The monoisotopic (exact) mass is 438 g/mol. The van der Waals surface area contributed by atoms with Crippen molar-refractivity contribution in [2.75, 3.05) is 13.1 Å². The number of aryl methyl sites for hydroxylation is 2. The lowest BCUT2D eigenvalue weighted by molar-refractivity contribution is -0.139. The van der Waals surface area contributed by atoms with Crippen LogP contribution in [0.25, 0.3) is 5.57 Å². The summed E-state index contributed by atoms with van der Waals surface area (Å²) in [5, 5.41) is 0.540. The zero-order chi connectivity index (χ0) is 22.3. The number of nitrogens with zero attached hydrogens (tertiary/aromatic N) is 2. The minimum absolute atomic E-state index is 0.0304. The topological polar surface area (TPSA) is 49.9 Å².